The highest BCUT2D eigenvalue weighted by Gasteiger charge is 2.33. The van der Waals surface area contributed by atoms with Crippen molar-refractivity contribution in [3.8, 4) is 11.8 Å². The highest BCUT2D eigenvalue weighted by molar-refractivity contribution is 5.40. The number of hydrogen-bond acceptors (Lipinski definition) is 3. The molecule has 0 aliphatic rings. The van der Waals surface area contributed by atoms with Gasteiger partial charge in [-0.3, -0.25) is 4.98 Å². The molecule has 1 aromatic heterocycles. The standard InChI is InChI=1S/C10H8F4N2O/c1-6-4-7(2-3-15)9(8(5-11)16-6)17-10(12,13)14/h4H,2,5H2,1H3. The van der Waals surface area contributed by atoms with Gasteiger partial charge in [0.25, 0.3) is 0 Å². The molecular formula is C10H8F4N2O. The Kier molecular flexibility index (Phi) is 3.89. The highest BCUT2D eigenvalue weighted by atomic mass is 19.4. The van der Waals surface area contributed by atoms with Gasteiger partial charge in [-0.1, -0.05) is 0 Å². The van der Waals surface area contributed by atoms with Crippen LogP contribution in [0.5, 0.6) is 5.75 Å². The van der Waals surface area contributed by atoms with E-state index in [1.54, 1.807) is 6.07 Å². The maximum atomic E-state index is 12.6. The van der Waals surface area contributed by atoms with E-state index >= 15 is 0 Å². The summed E-state index contributed by atoms with van der Waals surface area (Å²) in [6.45, 7) is 0.308. The smallest absolute Gasteiger partial charge is 0.403 e. The first kappa shape index (κ1) is 13.2. The van der Waals surface area contributed by atoms with Gasteiger partial charge in [-0.25, -0.2) is 4.39 Å². The molecule has 0 radical (unpaired) electrons. The zero-order valence-electron chi connectivity index (χ0n) is 8.81. The van der Waals surface area contributed by atoms with Crippen molar-refractivity contribution in [2.75, 3.05) is 0 Å². The zero-order chi connectivity index (χ0) is 13.1. The second kappa shape index (κ2) is 4.99. The van der Waals surface area contributed by atoms with E-state index in [2.05, 4.69) is 9.72 Å². The lowest BCUT2D eigenvalue weighted by atomic mass is 10.1. The third-order valence-corrected chi connectivity index (χ3v) is 1.86. The minimum atomic E-state index is -4.94. The van der Waals surface area contributed by atoms with Gasteiger partial charge in [0.2, 0.25) is 0 Å². The van der Waals surface area contributed by atoms with Gasteiger partial charge in [0.1, 0.15) is 12.4 Å². The van der Waals surface area contributed by atoms with E-state index in [1.807, 2.05) is 0 Å². The molecule has 3 nitrogen and oxygen atoms in total. The van der Waals surface area contributed by atoms with E-state index in [9.17, 15) is 17.6 Å². The van der Waals surface area contributed by atoms with Crippen molar-refractivity contribution >= 4 is 0 Å². The van der Waals surface area contributed by atoms with E-state index in [0.717, 1.165) is 0 Å². The third kappa shape index (κ3) is 3.59. The summed E-state index contributed by atoms with van der Waals surface area (Å²) < 4.78 is 52.6. The molecule has 0 aliphatic carbocycles. The summed E-state index contributed by atoms with van der Waals surface area (Å²) in [5.41, 5.74) is -0.144. The number of pyridine rings is 1. The van der Waals surface area contributed by atoms with Crippen LogP contribution in [0.3, 0.4) is 0 Å². The fraction of sp³-hybridized carbons (Fsp3) is 0.400. The van der Waals surface area contributed by atoms with Gasteiger partial charge in [-0.2, -0.15) is 5.26 Å². The first-order valence-corrected chi connectivity index (χ1v) is 4.55. The molecule has 1 heterocycles. The van der Waals surface area contributed by atoms with Gasteiger partial charge >= 0.3 is 6.36 Å². The number of aromatic nitrogens is 1. The first-order chi connectivity index (χ1) is 7.87. The van der Waals surface area contributed by atoms with Crippen molar-refractivity contribution in [2.45, 2.75) is 26.4 Å². The Hall–Kier alpha value is -1.84. The van der Waals surface area contributed by atoms with Crippen LogP contribution in [0.25, 0.3) is 0 Å². The summed E-state index contributed by atoms with van der Waals surface area (Å²) in [5, 5.41) is 8.50. The Morgan fingerprint density at radius 2 is 2.12 bits per heavy atom. The van der Waals surface area contributed by atoms with Gasteiger partial charge in [0.05, 0.1) is 12.5 Å². The largest absolute Gasteiger partial charge is 0.573 e. The van der Waals surface area contributed by atoms with Crippen molar-refractivity contribution in [2.24, 2.45) is 0 Å². The molecule has 0 aromatic carbocycles. The third-order valence-electron chi connectivity index (χ3n) is 1.86. The van der Waals surface area contributed by atoms with Crippen LogP contribution < -0.4 is 4.74 Å². The molecule has 17 heavy (non-hydrogen) atoms. The molecule has 0 amide bonds. The maximum absolute atomic E-state index is 12.6. The second-order valence-corrected chi connectivity index (χ2v) is 3.21. The summed E-state index contributed by atoms with van der Waals surface area (Å²) >= 11 is 0. The van der Waals surface area contributed by atoms with Crippen LogP contribution >= 0.6 is 0 Å². The fourth-order valence-corrected chi connectivity index (χ4v) is 1.35. The Balaban J connectivity index is 3.27. The Labute approximate surface area is 94.6 Å². The quantitative estimate of drug-likeness (QED) is 0.772. The van der Waals surface area contributed by atoms with Crippen LogP contribution in [0.4, 0.5) is 17.6 Å². The number of hydrogen-bond donors (Lipinski definition) is 0. The van der Waals surface area contributed by atoms with Crippen LogP contribution in [0.15, 0.2) is 6.07 Å². The molecule has 0 bridgehead atoms. The zero-order valence-corrected chi connectivity index (χ0v) is 8.81. The van der Waals surface area contributed by atoms with E-state index in [4.69, 9.17) is 5.26 Å². The molecule has 0 atom stereocenters. The van der Waals surface area contributed by atoms with Crippen LogP contribution in [-0.2, 0) is 13.1 Å². The van der Waals surface area contributed by atoms with E-state index < -0.39 is 24.5 Å². The number of nitrogens with zero attached hydrogens (tertiary/aromatic N) is 2. The van der Waals surface area contributed by atoms with E-state index in [0.29, 0.717) is 5.69 Å². The number of alkyl halides is 4. The Morgan fingerprint density at radius 3 is 2.59 bits per heavy atom. The van der Waals surface area contributed by atoms with Crippen molar-refractivity contribution in [1.29, 1.82) is 5.26 Å². The van der Waals surface area contributed by atoms with Crippen LogP contribution in [0.1, 0.15) is 17.0 Å². The fourth-order valence-electron chi connectivity index (χ4n) is 1.35. The van der Waals surface area contributed by atoms with Crippen molar-refractivity contribution in [1.82, 2.24) is 4.98 Å². The lowest BCUT2D eigenvalue weighted by molar-refractivity contribution is -0.275. The maximum Gasteiger partial charge on any atom is 0.573 e. The molecule has 0 unspecified atom stereocenters. The molecule has 1 rings (SSSR count). The highest BCUT2D eigenvalue weighted by Crippen LogP contribution is 2.30. The second-order valence-electron chi connectivity index (χ2n) is 3.21. The molecule has 1 aromatic rings. The van der Waals surface area contributed by atoms with Crippen LogP contribution in [-0.4, -0.2) is 11.3 Å². The van der Waals surface area contributed by atoms with Gasteiger partial charge in [0, 0.05) is 11.3 Å². The number of rotatable bonds is 3. The number of aryl methyl sites for hydroxylation is 1. The van der Waals surface area contributed by atoms with Crippen molar-refractivity contribution < 1.29 is 22.3 Å². The van der Waals surface area contributed by atoms with Gasteiger partial charge in [0.15, 0.2) is 5.75 Å². The predicted molar refractivity (Wildman–Crippen MR) is 49.8 cm³/mol. The van der Waals surface area contributed by atoms with Gasteiger partial charge < -0.3 is 4.74 Å². The average Bonchev–Trinajstić information content (AvgIpc) is 2.20. The van der Waals surface area contributed by atoms with Crippen molar-refractivity contribution in [3.05, 3.63) is 23.0 Å². The molecule has 7 heteroatoms. The van der Waals surface area contributed by atoms with Gasteiger partial charge in [-0.15, -0.1) is 13.2 Å². The van der Waals surface area contributed by atoms with E-state index in [-0.39, 0.29) is 12.0 Å². The molecule has 92 valence electrons. The molecule has 0 saturated heterocycles. The minimum absolute atomic E-state index is 0.0232. The predicted octanol–water partition coefficient (Wildman–Crippen LogP) is 2.82. The molecular weight excluding hydrogens is 240 g/mol. The number of halogens is 4. The lowest BCUT2D eigenvalue weighted by Crippen LogP contribution is -2.20. The lowest BCUT2D eigenvalue weighted by Gasteiger charge is -2.14. The summed E-state index contributed by atoms with van der Waals surface area (Å²) in [6, 6.07) is 2.96. The topological polar surface area (TPSA) is 45.9 Å². The number of nitriles is 1. The van der Waals surface area contributed by atoms with Crippen molar-refractivity contribution in [3.63, 3.8) is 0 Å². The average molecular weight is 248 g/mol. The Morgan fingerprint density at radius 1 is 1.47 bits per heavy atom. The first-order valence-electron chi connectivity index (χ1n) is 4.55. The molecule has 0 aliphatic heterocycles. The normalized spacial score (nSPS) is 11.1. The minimum Gasteiger partial charge on any atom is -0.403 e. The molecule has 0 fully saturated rings. The summed E-state index contributed by atoms with van der Waals surface area (Å²) in [4.78, 5) is 3.61. The molecule has 0 saturated carbocycles. The summed E-state index contributed by atoms with van der Waals surface area (Å²) in [7, 11) is 0. The molecule has 0 spiro atoms. The Bertz CT molecular complexity index is 451. The van der Waals surface area contributed by atoms with Crippen LogP contribution in [0.2, 0.25) is 0 Å². The SMILES string of the molecule is Cc1cc(CC#N)c(OC(F)(F)F)c(CF)n1. The van der Waals surface area contributed by atoms with Gasteiger partial charge in [-0.05, 0) is 13.0 Å². The molecule has 0 N–H and O–H groups in total. The number of ether oxygens (including phenoxy) is 1. The summed E-state index contributed by atoms with van der Waals surface area (Å²) in [6.07, 6.45) is -5.24. The van der Waals surface area contributed by atoms with Crippen LogP contribution in [0, 0.1) is 18.3 Å². The monoisotopic (exact) mass is 248 g/mol. The summed E-state index contributed by atoms with van der Waals surface area (Å²) in [5.74, 6) is -0.716. The van der Waals surface area contributed by atoms with E-state index in [1.165, 1.54) is 13.0 Å².